The highest BCUT2D eigenvalue weighted by atomic mass is 16.5. The molecule has 0 heterocycles. The minimum atomic E-state index is -0.915. The van der Waals surface area contributed by atoms with E-state index >= 15 is 0 Å². The Morgan fingerprint density at radius 2 is 1.58 bits per heavy atom. The molecule has 53 heavy (non-hydrogen) atoms. The van der Waals surface area contributed by atoms with Crippen molar-refractivity contribution in [2.75, 3.05) is 7.11 Å². The predicted molar refractivity (Wildman–Crippen MR) is 208 cm³/mol. The molecule has 1 aromatic rings. The minimum absolute atomic E-state index is 0.0215. The van der Waals surface area contributed by atoms with Gasteiger partial charge in [-0.2, -0.15) is 0 Å². The molecule has 0 saturated heterocycles. The second kappa shape index (κ2) is 13.9. The number of methoxy groups -OCH3 is 1. The van der Waals surface area contributed by atoms with Crippen molar-refractivity contribution in [3.05, 3.63) is 47.5 Å². The molecule has 6 unspecified atom stereocenters. The van der Waals surface area contributed by atoms with E-state index in [1.807, 2.05) is 18.2 Å². The number of hydrogen-bond donors (Lipinski definition) is 0. The predicted octanol–water partition coefficient (Wildman–Crippen LogP) is 10.3. The highest BCUT2D eigenvalue weighted by Crippen LogP contribution is 2.77. The first-order chi connectivity index (χ1) is 24.8. The summed E-state index contributed by atoms with van der Waals surface area (Å²) >= 11 is 0. The Bertz CT molecular complexity index is 1690. The summed E-state index contributed by atoms with van der Waals surface area (Å²) in [7, 11) is 1.37. The van der Waals surface area contributed by atoms with Crippen LogP contribution in [0.5, 0.6) is 0 Å². The number of hydrogen-bond acceptors (Lipinski definition) is 6. The van der Waals surface area contributed by atoms with E-state index in [1.54, 1.807) is 13.8 Å². The summed E-state index contributed by atoms with van der Waals surface area (Å²) in [4.78, 5) is 37.2. The lowest BCUT2D eigenvalue weighted by Crippen LogP contribution is -2.66. The lowest BCUT2D eigenvalue weighted by Gasteiger charge is -2.72. The standard InChI is InChI=1S/C47H66O6/c1-30(2)34-19-25-47(24-18-32-14-12-13-15-33(32)29-52-31(3)48)27-26-45(9)35(40(34)47)16-17-37-44(8)22-21-38(43(6,7)36(44)20-23-46(37,45)10)53-39(49)28-42(4,5)41(50)51-11/h12-15,34-38,40H,1,16-17,19-23,25-29H2,2-11H3/t34?,35?,36?,37?,38?,40?,44-,45+,46+,47+/m0/s1. The summed E-state index contributed by atoms with van der Waals surface area (Å²) in [6.07, 6.45) is 11.1. The SMILES string of the molecule is C=C(C)C1CC[C@]2(C#Cc3ccccc3COC(C)=O)CC[C@]3(C)C(CCC4[C@@]5(C)CCC(OC(=O)CC(C)(C)C(=O)OC)C(C)(C)C5CC[C@]43C)C12. The van der Waals surface area contributed by atoms with Gasteiger partial charge in [0.1, 0.15) is 12.7 Å². The van der Waals surface area contributed by atoms with E-state index in [0.29, 0.717) is 29.6 Å². The van der Waals surface area contributed by atoms with Crippen molar-refractivity contribution in [3.8, 4) is 11.8 Å². The number of allylic oxidation sites excluding steroid dienone is 1. The first-order valence-electron chi connectivity index (χ1n) is 20.4. The van der Waals surface area contributed by atoms with Crippen molar-refractivity contribution in [3.63, 3.8) is 0 Å². The molecule has 290 valence electrons. The fraction of sp³-hybridized carbons (Fsp3) is 0.723. The zero-order valence-electron chi connectivity index (χ0n) is 34.4. The minimum Gasteiger partial charge on any atom is -0.469 e. The third-order valence-corrected chi connectivity index (χ3v) is 16.5. The van der Waals surface area contributed by atoms with Gasteiger partial charge in [-0.25, -0.2) is 0 Å². The van der Waals surface area contributed by atoms with E-state index in [0.717, 1.165) is 49.7 Å². The van der Waals surface area contributed by atoms with E-state index in [4.69, 9.17) is 14.2 Å². The second-order valence-corrected chi connectivity index (χ2v) is 19.9. The Labute approximate surface area is 319 Å². The number of fused-ring (bicyclic) bond motifs is 7. The average Bonchev–Trinajstić information content (AvgIpc) is 3.48. The van der Waals surface area contributed by atoms with Crippen molar-refractivity contribution in [1.29, 1.82) is 0 Å². The molecule has 0 aromatic heterocycles. The maximum Gasteiger partial charge on any atom is 0.311 e. The molecule has 5 aliphatic carbocycles. The molecule has 0 N–H and O–H groups in total. The molecule has 0 amide bonds. The number of carbonyl (C=O) groups is 3. The summed E-state index contributed by atoms with van der Waals surface area (Å²) in [6, 6.07) is 8.12. The van der Waals surface area contributed by atoms with Crippen LogP contribution >= 0.6 is 0 Å². The van der Waals surface area contributed by atoms with E-state index in [9.17, 15) is 14.4 Å². The first kappa shape index (κ1) is 39.6. The molecule has 0 aliphatic heterocycles. The van der Waals surface area contributed by atoms with Gasteiger partial charge in [-0.05, 0) is 137 Å². The van der Waals surface area contributed by atoms with Crippen LogP contribution in [0.3, 0.4) is 0 Å². The number of benzene rings is 1. The summed E-state index contributed by atoms with van der Waals surface area (Å²) in [6.45, 7) is 24.6. The zero-order valence-corrected chi connectivity index (χ0v) is 34.4. The summed E-state index contributed by atoms with van der Waals surface area (Å²) in [5.41, 5.74) is 2.66. The van der Waals surface area contributed by atoms with Gasteiger partial charge in [-0.3, -0.25) is 14.4 Å². The molecule has 0 bridgehead atoms. The van der Waals surface area contributed by atoms with Crippen LogP contribution in [0.4, 0.5) is 0 Å². The molecule has 6 nitrogen and oxygen atoms in total. The van der Waals surface area contributed by atoms with Gasteiger partial charge in [-0.15, -0.1) is 0 Å². The van der Waals surface area contributed by atoms with Gasteiger partial charge in [0, 0.05) is 28.9 Å². The quantitative estimate of drug-likeness (QED) is 0.120. The Morgan fingerprint density at radius 3 is 2.26 bits per heavy atom. The van der Waals surface area contributed by atoms with Crippen LogP contribution in [0.15, 0.2) is 36.4 Å². The largest absolute Gasteiger partial charge is 0.469 e. The summed E-state index contributed by atoms with van der Waals surface area (Å²) in [5.74, 6) is 9.25. The molecule has 0 spiro atoms. The van der Waals surface area contributed by atoms with E-state index < -0.39 is 5.41 Å². The zero-order chi connectivity index (χ0) is 38.8. The first-order valence-corrected chi connectivity index (χ1v) is 20.4. The molecule has 5 saturated carbocycles. The van der Waals surface area contributed by atoms with Crippen LogP contribution in [-0.4, -0.2) is 31.1 Å². The Hall–Kier alpha value is -3.07. The third-order valence-electron chi connectivity index (χ3n) is 16.5. The maximum absolute atomic E-state index is 13.3. The van der Waals surface area contributed by atoms with Crippen molar-refractivity contribution in [2.24, 2.45) is 62.1 Å². The monoisotopic (exact) mass is 726 g/mol. The van der Waals surface area contributed by atoms with Crippen molar-refractivity contribution < 1.29 is 28.6 Å². The highest BCUT2D eigenvalue weighted by Gasteiger charge is 2.71. The Balaban J connectivity index is 1.27. The number of rotatable bonds is 7. The summed E-state index contributed by atoms with van der Waals surface area (Å²) in [5, 5.41) is 0. The summed E-state index contributed by atoms with van der Waals surface area (Å²) < 4.78 is 16.6. The van der Waals surface area contributed by atoms with Crippen LogP contribution in [0.1, 0.15) is 144 Å². The fourth-order valence-corrected chi connectivity index (χ4v) is 13.6. The van der Waals surface area contributed by atoms with Crippen LogP contribution in [0.25, 0.3) is 0 Å². The molecule has 5 fully saturated rings. The Kier molecular flexibility index (Phi) is 10.4. The van der Waals surface area contributed by atoms with Gasteiger partial charge in [-0.1, -0.05) is 76.8 Å². The highest BCUT2D eigenvalue weighted by molar-refractivity contribution is 5.82. The van der Waals surface area contributed by atoms with Crippen molar-refractivity contribution >= 4 is 17.9 Å². The van der Waals surface area contributed by atoms with Gasteiger partial charge in [0.2, 0.25) is 0 Å². The van der Waals surface area contributed by atoms with Crippen molar-refractivity contribution in [1.82, 2.24) is 0 Å². The molecular formula is C47H66O6. The number of esters is 3. The van der Waals surface area contributed by atoms with Crippen LogP contribution in [0.2, 0.25) is 0 Å². The lowest BCUT2D eigenvalue weighted by molar-refractivity contribution is -0.247. The number of carbonyl (C=O) groups excluding carboxylic acids is 3. The lowest BCUT2D eigenvalue weighted by atomic mass is 9.32. The normalized spacial score (nSPS) is 38.4. The molecule has 6 heteroatoms. The van der Waals surface area contributed by atoms with E-state index in [2.05, 4.69) is 66.0 Å². The fourth-order valence-electron chi connectivity index (χ4n) is 13.6. The average molecular weight is 727 g/mol. The van der Waals surface area contributed by atoms with Gasteiger partial charge in [0.05, 0.1) is 18.9 Å². The van der Waals surface area contributed by atoms with E-state index in [-0.39, 0.29) is 64.1 Å². The van der Waals surface area contributed by atoms with Crippen LogP contribution in [-0.2, 0) is 35.2 Å². The number of ether oxygens (including phenoxy) is 3. The third kappa shape index (κ3) is 6.48. The molecule has 5 aliphatic rings. The molecule has 1 aromatic carbocycles. The van der Waals surface area contributed by atoms with Gasteiger partial charge in [0.15, 0.2) is 0 Å². The molecule has 0 radical (unpaired) electrons. The molecule has 10 atom stereocenters. The topological polar surface area (TPSA) is 78.9 Å². The Morgan fingerprint density at radius 1 is 0.868 bits per heavy atom. The maximum atomic E-state index is 13.3. The van der Waals surface area contributed by atoms with Crippen LogP contribution < -0.4 is 0 Å². The van der Waals surface area contributed by atoms with Crippen LogP contribution in [0, 0.1) is 73.9 Å². The molecule has 6 rings (SSSR count). The van der Waals surface area contributed by atoms with Crippen molar-refractivity contribution in [2.45, 2.75) is 146 Å². The van der Waals surface area contributed by atoms with E-state index in [1.165, 1.54) is 45.3 Å². The van der Waals surface area contributed by atoms with Gasteiger partial charge >= 0.3 is 17.9 Å². The second-order valence-electron chi connectivity index (χ2n) is 19.9. The smallest absolute Gasteiger partial charge is 0.311 e. The van der Waals surface area contributed by atoms with Gasteiger partial charge in [0.25, 0.3) is 0 Å². The molecular weight excluding hydrogens is 661 g/mol. The van der Waals surface area contributed by atoms with Gasteiger partial charge < -0.3 is 14.2 Å².